The van der Waals surface area contributed by atoms with Gasteiger partial charge in [-0.3, -0.25) is 4.79 Å². The molecule has 0 spiro atoms. The molecule has 1 aromatic carbocycles. The predicted octanol–water partition coefficient (Wildman–Crippen LogP) is 3.21. The smallest absolute Gasteiger partial charge is 0.188 e. The first-order valence-electron chi connectivity index (χ1n) is 6.01. The topological polar surface area (TPSA) is 35.5 Å². The molecule has 0 unspecified atom stereocenters. The average Bonchev–Trinajstić information content (AvgIpc) is 2.37. The van der Waals surface area contributed by atoms with Crippen molar-refractivity contribution in [3.8, 4) is 5.75 Å². The Morgan fingerprint density at radius 2 is 2.12 bits per heavy atom. The third kappa shape index (κ3) is 4.57. The highest BCUT2D eigenvalue weighted by atomic mass is 16.7. The summed E-state index contributed by atoms with van der Waals surface area (Å²) in [6.45, 7) is 2.34. The maximum Gasteiger partial charge on any atom is 0.188 e. The fourth-order valence-corrected chi connectivity index (χ4v) is 1.68. The molecule has 0 aliphatic carbocycles. The van der Waals surface area contributed by atoms with Crippen LogP contribution in [0, 0.1) is 0 Å². The first-order valence-corrected chi connectivity index (χ1v) is 6.01. The van der Waals surface area contributed by atoms with Crippen LogP contribution in [-0.2, 0) is 11.2 Å². The van der Waals surface area contributed by atoms with Crippen molar-refractivity contribution < 1.29 is 14.3 Å². The largest absolute Gasteiger partial charge is 0.467 e. The monoisotopic (exact) mass is 236 g/mol. The standard InChI is InChI=1S/C14H20O3/c1-3-4-5-6-12-7-8-14(17-11-16-2)13(9-12)10-15/h7-10H,3-6,11H2,1-2H3. The number of ether oxygens (including phenoxy) is 2. The molecule has 0 aromatic heterocycles. The first-order chi connectivity index (χ1) is 8.31. The van der Waals surface area contributed by atoms with Crippen molar-refractivity contribution in [3.63, 3.8) is 0 Å². The van der Waals surface area contributed by atoms with Crippen LogP contribution in [0.2, 0.25) is 0 Å². The van der Waals surface area contributed by atoms with E-state index in [1.165, 1.54) is 18.4 Å². The molecule has 3 nitrogen and oxygen atoms in total. The van der Waals surface area contributed by atoms with E-state index in [0.717, 1.165) is 19.1 Å². The van der Waals surface area contributed by atoms with Gasteiger partial charge in [0.25, 0.3) is 0 Å². The highest BCUT2D eigenvalue weighted by Gasteiger charge is 2.04. The van der Waals surface area contributed by atoms with Crippen LogP contribution in [0.1, 0.15) is 42.1 Å². The van der Waals surface area contributed by atoms with E-state index in [4.69, 9.17) is 9.47 Å². The Kier molecular flexibility index (Phi) is 6.33. The van der Waals surface area contributed by atoms with Crippen LogP contribution in [-0.4, -0.2) is 20.2 Å². The van der Waals surface area contributed by atoms with Gasteiger partial charge in [0, 0.05) is 7.11 Å². The summed E-state index contributed by atoms with van der Waals surface area (Å²) in [5.74, 6) is 0.584. The molecule has 94 valence electrons. The van der Waals surface area contributed by atoms with Gasteiger partial charge < -0.3 is 9.47 Å². The summed E-state index contributed by atoms with van der Waals surface area (Å²) in [5.41, 5.74) is 1.78. The van der Waals surface area contributed by atoms with Gasteiger partial charge >= 0.3 is 0 Å². The van der Waals surface area contributed by atoms with Crippen molar-refractivity contribution in [2.75, 3.05) is 13.9 Å². The Morgan fingerprint density at radius 3 is 2.76 bits per heavy atom. The second-order valence-corrected chi connectivity index (χ2v) is 4.00. The van der Waals surface area contributed by atoms with E-state index in [2.05, 4.69) is 6.92 Å². The van der Waals surface area contributed by atoms with E-state index in [1.54, 1.807) is 7.11 Å². The second-order valence-electron chi connectivity index (χ2n) is 4.00. The molecule has 0 bridgehead atoms. The summed E-state index contributed by atoms with van der Waals surface area (Å²) in [6.07, 6.45) is 5.43. The molecular formula is C14H20O3. The Balaban J connectivity index is 2.66. The zero-order chi connectivity index (χ0) is 12.5. The second kappa shape index (κ2) is 7.85. The number of benzene rings is 1. The van der Waals surface area contributed by atoms with Crippen LogP contribution in [0.3, 0.4) is 0 Å². The number of hydrogen-bond donors (Lipinski definition) is 0. The van der Waals surface area contributed by atoms with Crippen LogP contribution in [0.25, 0.3) is 0 Å². The molecular weight excluding hydrogens is 216 g/mol. The van der Waals surface area contributed by atoms with E-state index in [0.29, 0.717) is 11.3 Å². The highest BCUT2D eigenvalue weighted by molar-refractivity contribution is 5.79. The fraction of sp³-hybridized carbons (Fsp3) is 0.500. The van der Waals surface area contributed by atoms with E-state index in [9.17, 15) is 4.79 Å². The molecule has 0 heterocycles. The van der Waals surface area contributed by atoms with Gasteiger partial charge in [0.15, 0.2) is 13.1 Å². The Labute approximate surface area is 103 Å². The Hall–Kier alpha value is -1.35. The van der Waals surface area contributed by atoms with Gasteiger partial charge in [-0.1, -0.05) is 25.8 Å². The van der Waals surface area contributed by atoms with Crippen LogP contribution in [0.5, 0.6) is 5.75 Å². The summed E-state index contributed by atoms with van der Waals surface area (Å²) >= 11 is 0. The van der Waals surface area contributed by atoms with Crippen molar-refractivity contribution in [1.82, 2.24) is 0 Å². The SMILES string of the molecule is CCCCCc1ccc(OCOC)c(C=O)c1. The van der Waals surface area contributed by atoms with Gasteiger partial charge in [-0.05, 0) is 30.5 Å². The van der Waals surface area contributed by atoms with Crippen molar-refractivity contribution in [3.05, 3.63) is 29.3 Å². The number of rotatable bonds is 8. The average molecular weight is 236 g/mol. The van der Waals surface area contributed by atoms with Crippen molar-refractivity contribution in [2.45, 2.75) is 32.6 Å². The summed E-state index contributed by atoms with van der Waals surface area (Å²) in [5, 5.41) is 0. The molecule has 0 amide bonds. The number of aryl methyl sites for hydroxylation is 1. The van der Waals surface area contributed by atoms with Gasteiger partial charge in [-0.2, -0.15) is 0 Å². The molecule has 0 N–H and O–H groups in total. The maximum atomic E-state index is 11.0. The van der Waals surface area contributed by atoms with Gasteiger partial charge in [0.1, 0.15) is 5.75 Å². The predicted molar refractivity (Wildman–Crippen MR) is 67.6 cm³/mol. The molecule has 1 rings (SSSR count). The number of aldehydes is 1. The van der Waals surface area contributed by atoms with Crippen LogP contribution in [0.4, 0.5) is 0 Å². The number of hydrogen-bond acceptors (Lipinski definition) is 3. The quantitative estimate of drug-likeness (QED) is 0.395. The molecule has 0 saturated carbocycles. The van der Waals surface area contributed by atoms with Gasteiger partial charge in [-0.15, -0.1) is 0 Å². The van der Waals surface area contributed by atoms with E-state index in [1.807, 2.05) is 18.2 Å². The minimum Gasteiger partial charge on any atom is -0.467 e. The minimum atomic E-state index is 0.163. The number of methoxy groups -OCH3 is 1. The zero-order valence-corrected chi connectivity index (χ0v) is 10.6. The number of carbonyl (C=O) groups is 1. The lowest BCUT2D eigenvalue weighted by Gasteiger charge is -2.09. The molecule has 17 heavy (non-hydrogen) atoms. The van der Waals surface area contributed by atoms with Gasteiger partial charge in [-0.25, -0.2) is 0 Å². The van der Waals surface area contributed by atoms with Crippen molar-refractivity contribution in [2.24, 2.45) is 0 Å². The molecule has 0 aliphatic heterocycles. The summed E-state index contributed by atoms with van der Waals surface area (Å²) in [6, 6.07) is 5.74. The van der Waals surface area contributed by atoms with E-state index in [-0.39, 0.29) is 6.79 Å². The van der Waals surface area contributed by atoms with Crippen LogP contribution in [0.15, 0.2) is 18.2 Å². The molecule has 0 atom stereocenters. The molecule has 3 heteroatoms. The lowest BCUT2D eigenvalue weighted by molar-refractivity contribution is 0.0505. The number of carbonyl (C=O) groups excluding carboxylic acids is 1. The highest BCUT2D eigenvalue weighted by Crippen LogP contribution is 2.19. The Bertz CT molecular complexity index is 347. The third-order valence-electron chi connectivity index (χ3n) is 2.60. The van der Waals surface area contributed by atoms with Gasteiger partial charge in [0.05, 0.1) is 5.56 Å². The molecule has 1 aromatic rings. The maximum absolute atomic E-state index is 11.0. The fourth-order valence-electron chi connectivity index (χ4n) is 1.68. The van der Waals surface area contributed by atoms with E-state index >= 15 is 0 Å². The third-order valence-corrected chi connectivity index (χ3v) is 2.60. The molecule has 0 saturated heterocycles. The van der Waals surface area contributed by atoms with Gasteiger partial charge in [0.2, 0.25) is 0 Å². The molecule has 0 aliphatic rings. The lowest BCUT2D eigenvalue weighted by Crippen LogP contribution is -2.02. The normalized spacial score (nSPS) is 10.2. The lowest BCUT2D eigenvalue weighted by atomic mass is 10.0. The minimum absolute atomic E-state index is 0.163. The molecule has 0 fully saturated rings. The molecule has 0 radical (unpaired) electrons. The summed E-state index contributed by atoms with van der Waals surface area (Å²) in [7, 11) is 1.56. The summed E-state index contributed by atoms with van der Waals surface area (Å²) < 4.78 is 10.1. The van der Waals surface area contributed by atoms with Crippen molar-refractivity contribution >= 4 is 6.29 Å². The van der Waals surface area contributed by atoms with Crippen LogP contribution < -0.4 is 4.74 Å². The zero-order valence-electron chi connectivity index (χ0n) is 10.6. The van der Waals surface area contributed by atoms with Crippen molar-refractivity contribution in [1.29, 1.82) is 0 Å². The van der Waals surface area contributed by atoms with E-state index < -0.39 is 0 Å². The first kappa shape index (κ1) is 13.7. The summed E-state index contributed by atoms with van der Waals surface area (Å²) in [4.78, 5) is 11.0. The van der Waals surface area contributed by atoms with Crippen LogP contribution >= 0.6 is 0 Å². The Morgan fingerprint density at radius 1 is 1.29 bits per heavy atom. The number of unbranched alkanes of at least 4 members (excludes halogenated alkanes) is 2.